The Labute approximate surface area is 285 Å². The zero-order valence-corrected chi connectivity index (χ0v) is 29.3. The Kier molecular flexibility index (Phi) is 11.0. The van der Waals surface area contributed by atoms with Crippen molar-refractivity contribution >= 4 is 40.5 Å². The maximum absolute atomic E-state index is 13.6. The van der Waals surface area contributed by atoms with Crippen LogP contribution >= 0.6 is 23.2 Å². The average molecular weight is 676 g/mol. The second-order valence-electron chi connectivity index (χ2n) is 12.1. The minimum absolute atomic E-state index is 0.0716. The summed E-state index contributed by atoms with van der Waals surface area (Å²) in [5.74, 6) is -0.617. The Morgan fingerprint density at radius 3 is 1.72 bits per heavy atom. The van der Waals surface area contributed by atoms with E-state index in [9.17, 15) is 13.6 Å². The summed E-state index contributed by atoms with van der Waals surface area (Å²) in [5, 5.41) is 3.78. The number of nitrogens with one attached hydrogen (secondary N) is 1. The predicted molar refractivity (Wildman–Crippen MR) is 191 cm³/mol. The molecule has 0 aliphatic carbocycles. The highest BCUT2D eigenvalue weighted by Gasteiger charge is 2.34. The number of amides is 1. The van der Waals surface area contributed by atoms with Crippen molar-refractivity contribution in [2.45, 2.75) is 47.0 Å². The topological polar surface area (TPSA) is 58.1 Å². The van der Waals surface area contributed by atoms with Crippen LogP contribution in [0.15, 0.2) is 79.1 Å². The summed E-state index contributed by atoms with van der Waals surface area (Å²) in [6.45, 7) is 11.6. The smallest absolute Gasteiger partial charge is 0.236 e. The number of halogens is 4. The number of hydrogen-bond donors (Lipinski definition) is 1. The van der Waals surface area contributed by atoms with E-state index < -0.39 is 5.41 Å². The fourth-order valence-corrected chi connectivity index (χ4v) is 5.92. The second-order valence-corrected chi connectivity index (χ2v) is 12.9. The van der Waals surface area contributed by atoms with Gasteiger partial charge in [-0.25, -0.2) is 18.7 Å². The van der Waals surface area contributed by atoms with Gasteiger partial charge in [0.2, 0.25) is 5.91 Å². The largest absolute Gasteiger partial charge is 0.386 e. The van der Waals surface area contributed by atoms with E-state index in [4.69, 9.17) is 23.2 Å². The molecular weight excluding hydrogens is 637 g/mol. The van der Waals surface area contributed by atoms with Crippen molar-refractivity contribution in [2.24, 2.45) is 0 Å². The van der Waals surface area contributed by atoms with Gasteiger partial charge < -0.3 is 10.2 Å². The first kappa shape index (κ1) is 35.5. The standard InChI is InChI=1S/C25H26ClFN2O.C13H12ClFN2/c1-15-9-16(2)11-18(10-15)25(4,5)24(30)29(6)22-14-28-23(26)13-21(22)20-8-7-19(27)12-17(20)3;1-8-5-9(15)3-4-10(8)11-6-13(14)17-7-12(11)16-2/h7-14H,1-6H3;3-7,16H,1-2H3. The molecule has 2 aromatic heterocycles. The highest BCUT2D eigenvalue weighted by molar-refractivity contribution is 6.30. The molecule has 244 valence electrons. The highest BCUT2D eigenvalue weighted by Crippen LogP contribution is 2.37. The van der Waals surface area contributed by atoms with Gasteiger partial charge >= 0.3 is 0 Å². The molecular formula is C38H38Cl2F2N4O. The molecule has 3 aromatic carbocycles. The molecule has 5 aromatic rings. The number of rotatable bonds is 6. The lowest BCUT2D eigenvalue weighted by molar-refractivity contribution is -0.122. The molecule has 0 aliphatic heterocycles. The maximum Gasteiger partial charge on any atom is 0.236 e. The summed E-state index contributed by atoms with van der Waals surface area (Å²) < 4.78 is 26.7. The third kappa shape index (κ3) is 8.16. The monoisotopic (exact) mass is 674 g/mol. The van der Waals surface area contributed by atoms with E-state index in [1.807, 2.05) is 60.7 Å². The van der Waals surface area contributed by atoms with E-state index in [2.05, 4.69) is 21.4 Å². The van der Waals surface area contributed by atoms with Gasteiger partial charge in [-0.05, 0) is 106 Å². The molecule has 0 bridgehead atoms. The number of likely N-dealkylation sites (N-methyl/N-ethyl adjacent to an activating group) is 1. The Hall–Kier alpha value is -4.33. The van der Waals surface area contributed by atoms with Gasteiger partial charge in [-0.3, -0.25) is 4.79 Å². The van der Waals surface area contributed by atoms with Gasteiger partial charge in [-0.2, -0.15) is 0 Å². The third-order valence-electron chi connectivity index (χ3n) is 8.09. The quantitative estimate of drug-likeness (QED) is 0.182. The second kappa shape index (κ2) is 14.6. The van der Waals surface area contributed by atoms with Crippen LogP contribution in [0.25, 0.3) is 22.3 Å². The maximum atomic E-state index is 13.6. The third-order valence-corrected chi connectivity index (χ3v) is 8.50. The SMILES string of the molecule is CNc1cnc(Cl)cc1-c1ccc(F)cc1C.Cc1cc(C)cc(C(C)(C)C(=O)N(C)c2cnc(Cl)cc2-c2ccc(F)cc2C)c1. The summed E-state index contributed by atoms with van der Waals surface area (Å²) in [7, 11) is 3.55. The number of carbonyl (C=O) groups is 1. The molecule has 1 amide bonds. The van der Waals surface area contributed by atoms with E-state index in [-0.39, 0.29) is 17.5 Å². The lowest BCUT2D eigenvalue weighted by Gasteiger charge is -2.31. The molecule has 1 N–H and O–H groups in total. The number of aromatic nitrogens is 2. The summed E-state index contributed by atoms with van der Waals surface area (Å²) in [5.41, 5.74) is 8.95. The van der Waals surface area contributed by atoms with Crippen molar-refractivity contribution in [3.05, 3.63) is 129 Å². The number of anilines is 2. The van der Waals surface area contributed by atoms with Crippen molar-refractivity contribution in [1.82, 2.24) is 9.97 Å². The van der Waals surface area contributed by atoms with E-state index in [0.29, 0.717) is 16.0 Å². The fraction of sp³-hybridized carbons (Fsp3) is 0.237. The number of pyridine rings is 2. The zero-order valence-electron chi connectivity index (χ0n) is 27.8. The van der Waals surface area contributed by atoms with Gasteiger partial charge in [0.15, 0.2) is 0 Å². The van der Waals surface area contributed by atoms with Crippen LogP contribution in [0.4, 0.5) is 20.2 Å². The first-order chi connectivity index (χ1) is 22.1. The Bertz CT molecular complexity index is 1920. The molecule has 0 atom stereocenters. The van der Waals surface area contributed by atoms with Gasteiger partial charge in [-0.15, -0.1) is 0 Å². The highest BCUT2D eigenvalue weighted by atomic mass is 35.5. The number of carbonyl (C=O) groups excluding carboxylic acids is 1. The molecule has 5 rings (SSSR count). The van der Waals surface area contributed by atoms with Crippen molar-refractivity contribution in [2.75, 3.05) is 24.3 Å². The van der Waals surface area contributed by atoms with Crippen LogP contribution < -0.4 is 10.2 Å². The zero-order chi connectivity index (χ0) is 34.6. The normalized spacial score (nSPS) is 11.1. The van der Waals surface area contributed by atoms with E-state index in [0.717, 1.165) is 55.8 Å². The molecule has 9 heteroatoms. The number of aryl methyl sites for hydroxylation is 4. The molecule has 0 spiro atoms. The Balaban J connectivity index is 0.000000248. The molecule has 0 saturated carbocycles. The van der Waals surface area contributed by atoms with Crippen LogP contribution in [-0.2, 0) is 10.2 Å². The van der Waals surface area contributed by atoms with Gasteiger partial charge in [0.1, 0.15) is 21.9 Å². The van der Waals surface area contributed by atoms with Gasteiger partial charge in [0.05, 0.1) is 29.2 Å². The van der Waals surface area contributed by atoms with Gasteiger partial charge in [0, 0.05) is 25.2 Å². The van der Waals surface area contributed by atoms with Crippen LogP contribution in [-0.4, -0.2) is 30.0 Å². The number of nitrogens with zero attached hydrogens (tertiary/aromatic N) is 3. The van der Waals surface area contributed by atoms with Crippen LogP contribution in [0.5, 0.6) is 0 Å². The summed E-state index contributed by atoms with van der Waals surface area (Å²) >= 11 is 12.1. The fourth-order valence-electron chi connectivity index (χ4n) is 5.60. The van der Waals surface area contributed by atoms with Crippen LogP contribution in [0.1, 0.15) is 41.7 Å². The van der Waals surface area contributed by atoms with Crippen molar-refractivity contribution in [3.8, 4) is 22.3 Å². The van der Waals surface area contributed by atoms with Crippen LogP contribution in [0.2, 0.25) is 10.3 Å². The van der Waals surface area contributed by atoms with E-state index >= 15 is 0 Å². The predicted octanol–water partition coefficient (Wildman–Crippen LogP) is 10.3. The molecule has 0 radical (unpaired) electrons. The molecule has 0 unspecified atom stereocenters. The number of benzene rings is 3. The first-order valence-electron chi connectivity index (χ1n) is 15.0. The summed E-state index contributed by atoms with van der Waals surface area (Å²) in [6, 6.07) is 18.9. The van der Waals surface area contributed by atoms with Crippen molar-refractivity contribution in [1.29, 1.82) is 0 Å². The molecule has 0 saturated heterocycles. The molecule has 2 heterocycles. The minimum Gasteiger partial charge on any atom is -0.386 e. The van der Waals surface area contributed by atoms with Crippen LogP contribution in [0.3, 0.4) is 0 Å². The first-order valence-corrected chi connectivity index (χ1v) is 15.8. The Morgan fingerprint density at radius 1 is 0.723 bits per heavy atom. The van der Waals surface area contributed by atoms with Crippen LogP contribution in [0, 0.1) is 39.3 Å². The van der Waals surface area contributed by atoms with E-state index in [1.54, 1.807) is 48.6 Å². The minimum atomic E-state index is -0.750. The molecule has 47 heavy (non-hydrogen) atoms. The number of hydrogen-bond acceptors (Lipinski definition) is 4. The molecule has 0 fully saturated rings. The summed E-state index contributed by atoms with van der Waals surface area (Å²) in [6.07, 6.45) is 3.26. The molecule has 5 nitrogen and oxygen atoms in total. The van der Waals surface area contributed by atoms with Gasteiger partial charge in [0.25, 0.3) is 0 Å². The van der Waals surface area contributed by atoms with Gasteiger partial charge in [-0.1, -0.05) is 64.7 Å². The average Bonchev–Trinajstić information content (AvgIpc) is 3.00. The summed E-state index contributed by atoms with van der Waals surface area (Å²) in [4.78, 5) is 23.4. The van der Waals surface area contributed by atoms with Crippen molar-refractivity contribution in [3.63, 3.8) is 0 Å². The van der Waals surface area contributed by atoms with Crippen molar-refractivity contribution < 1.29 is 13.6 Å². The molecule has 0 aliphatic rings. The van der Waals surface area contributed by atoms with E-state index in [1.165, 1.54) is 24.3 Å². The lowest BCUT2D eigenvalue weighted by Crippen LogP contribution is -2.41. The lowest BCUT2D eigenvalue weighted by atomic mass is 9.81. The Morgan fingerprint density at radius 2 is 1.21 bits per heavy atom.